The Hall–Kier alpha value is -2.53. The van der Waals surface area contributed by atoms with Gasteiger partial charge in [-0.15, -0.1) is 0 Å². The fourth-order valence-electron chi connectivity index (χ4n) is 2.80. The van der Waals surface area contributed by atoms with Crippen LogP contribution in [0.25, 0.3) is 0 Å². The maximum absolute atomic E-state index is 12.5. The molecule has 6 heteroatoms. The van der Waals surface area contributed by atoms with Crippen LogP contribution in [0.2, 0.25) is 5.02 Å². The van der Waals surface area contributed by atoms with Gasteiger partial charge in [0.05, 0.1) is 13.0 Å². The van der Waals surface area contributed by atoms with Crippen LogP contribution in [0.4, 0.5) is 11.4 Å². The van der Waals surface area contributed by atoms with Crippen molar-refractivity contribution >= 4 is 34.8 Å². The number of methoxy groups -OCH3 is 1. The molecule has 2 aromatic rings. The first kappa shape index (κ1) is 17.3. The molecular formula is C19H19ClN2O3. The van der Waals surface area contributed by atoms with Gasteiger partial charge in [0.15, 0.2) is 0 Å². The molecule has 1 saturated heterocycles. The molecule has 130 valence electrons. The van der Waals surface area contributed by atoms with Gasteiger partial charge >= 0.3 is 0 Å². The number of nitrogens with zero attached hydrogens (tertiary/aromatic N) is 1. The third kappa shape index (κ3) is 3.77. The van der Waals surface area contributed by atoms with Gasteiger partial charge in [0, 0.05) is 29.4 Å². The van der Waals surface area contributed by atoms with E-state index < -0.39 is 5.92 Å². The molecule has 0 radical (unpaired) electrons. The lowest BCUT2D eigenvalue weighted by Crippen LogP contribution is -2.28. The molecule has 0 bridgehead atoms. The number of carbonyl (C=O) groups excluding carboxylic acids is 2. The van der Waals surface area contributed by atoms with E-state index in [4.69, 9.17) is 16.3 Å². The zero-order chi connectivity index (χ0) is 18.0. The van der Waals surface area contributed by atoms with Gasteiger partial charge in [-0.05, 0) is 48.9 Å². The highest BCUT2D eigenvalue weighted by atomic mass is 35.5. The van der Waals surface area contributed by atoms with E-state index in [0.29, 0.717) is 17.3 Å². The van der Waals surface area contributed by atoms with Crippen molar-refractivity contribution in [3.05, 3.63) is 53.1 Å². The summed E-state index contributed by atoms with van der Waals surface area (Å²) < 4.78 is 5.09. The number of rotatable bonds is 4. The van der Waals surface area contributed by atoms with E-state index in [1.807, 2.05) is 19.1 Å². The number of halogens is 1. The molecule has 5 nitrogen and oxygen atoms in total. The number of ether oxygens (including phenoxy) is 1. The number of aryl methyl sites for hydroxylation is 1. The third-order valence-corrected chi connectivity index (χ3v) is 4.73. The molecule has 1 fully saturated rings. The summed E-state index contributed by atoms with van der Waals surface area (Å²) in [5.74, 6) is 0.0835. The summed E-state index contributed by atoms with van der Waals surface area (Å²) in [7, 11) is 1.59. The normalized spacial score (nSPS) is 16.8. The summed E-state index contributed by atoms with van der Waals surface area (Å²) in [6.45, 7) is 2.25. The monoisotopic (exact) mass is 358 g/mol. The van der Waals surface area contributed by atoms with Gasteiger partial charge in [0.25, 0.3) is 0 Å². The zero-order valence-electron chi connectivity index (χ0n) is 14.1. The van der Waals surface area contributed by atoms with Crippen molar-refractivity contribution in [2.45, 2.75) is 13.3 Å². The van der Waals surface area contributed by atoms with E-state index in [-0.39, 0.29) is 18.2 Å². The highest BCUT2D eigenvalue weighted by Gasteiger charge is 2.35. The summed E-state index contributed by atoms with van der Waals surface area (Å²) >= 11 is 6.14. The van der Waals surface area contributed by atoms with Crippen molar-refractivity contribution in [3.63, 3.8) is 0 Å². The summed E-state index contributed by atoms with van der Waals surface area (Å²) in [5, 5.41) is 3.46. The molecule has 0 unspecified atom stereocenters. The molecule has 0 aliphatic carbocycles. The van der Waals surface area contributed by atoms with Crippen LogP contribution in [0.1, 0.15) is 12.0 Å². The summed E-state index contributed by atoms with van der Waals surface area (Å²) in [4.78, 5) is 26.4. The maximum atomic E-state index is 12.5. The Labute approximate surface area is 151 Å². The summed E-state index contributed by atoms with van der Waals surface area (Å²) in [6.07, 6.45) is 0.188. The molecule has 1 aliphatic rings. The first-order valence-corrected chi connectivity index (χ1v) is 8.37. The van der Waals surface area contributed by atoms with Crippen molar-refractivity contribution in [1.82, 2.24) is 0 Å². The second-order valence-corrected chi connectivity index (χ2v) is 6.46. The molecule has 2 aromatic carbocycles. The number of benzene rings is 2. The van der Waals surface area contributed by atoms with Gasteiger partial charge < -0.3 is 15.0 Å². The van der Waals surface area contributed by atoms with Gasteiger partial charge in [-0.25, -0.2) is 0 Å². The Bertz CT molecular complexity index is 805. The first-order valence-electron chi connectivity index (χ1n) is 7.99. The van der Waals surface area contributed by atoms with Crippen molar-refractivity contribution in [2.24, 2.45) is 5.92 Å². The largest absolute Gasteiger partial charge is 0.497 e. The minimum Gasteiger partial charge on any atom is -0.497 e. The van der Waals surface area contributed by atoms with Crippen molar-refractivity contribution < 1.29 is 14.3 Å². The SMILES string of the molecule is COc1ccc(NC(=O)[C@H]2CC(=O)N(c3ccc(C)c(Cl)c3)C2)cc1. The van der Waals surface area contributed by atoms with Crippen LogP contribution in [0.15, 0.2) is 42.5 Å². The van der Waals surface area contributed by atoms with E-state index in [1.165, 1.54) is 0 Å². The van der Waals surface area contributed by atoms with Crippen LogP contribution in [0, 0.1) is 12.8 Å². The Kier molecular flexibility index (Phi) is 4.95. The Morgan fingerprint density at radius 1 is 1.24 bits per heavy atom. The standard InChI is InChI=1S/C19H19ClN2O3/c1-12-3-6-15(10-17(12)20)22-11-13(9-18(22)23)19(24)21-14-4-7-16(25-2)8-5-14/h3-8,10,13H,9,11H2,1-2H3,(H,21,24)/t13-/m0/s1. The van der Waals surface area contributed by atoms with Crippen molar-refractivity contribution in [2.75, 3.05) is 23.9 Å². The van der Waals surface area contributed by atoms with Gasteiger partial charge in [-0.3, -0.25) is 9.59 Å². The van der Waals surface area contributed by atoms with Gasteiger partial charge in [0.1, 0.15) is 5.75 Å². The van der Waals surface area contributed by atoms with E-state index in [0.717, 1.165) is 17.0 Å². The second-order valence-electron chi connectivity index (χ2n) is 6.06. The topological polar surface area (TPSA) is 58.6 Å². The number of hydrogen-bond acceptors (Lipinski definition) is 3. The lowest BCUT2D eigenvalue weighted by atomic mass is 10.1. The predicted molar refractivity (Wildman–Crippen MR) is 98.3 cm³/mol. The number of hydrogen-bond donors (Lipinski definition) is 1. The Morgan fingerprint density at radius 2 is 1.96 bits per heavy atom. The average Bonchev–Trinajstić information content (AvgIpc) is 3.00. The molecular weight excluding hydrogens is 340 g/mol. The Morgan fingerprint density at radius 3 is 2.60 bits per heavy atom. The third-order valence-electron chi connectivity index (χ3n) is 4.32. The van der Waals surface area contributed by atoms with Gasteiger partial charge in [0.2, 0.25) is 11.8 Å². The van der Waals surface area contributed by atoms with Crippen LogP contribution in [0.3, 0.4) is 0 Å². The molecule has 25 heavy (non-hydrogen) atoms. The molecule has 3 rings (SSSR count). The lowest BCUT2D eigenvalue weighted by Gasteiger charge is -2.17. The number of anilines is 2. The van der Waals surface area contributed by atoms with Gasteiger partial charge in [-0.1, -0.05) is 17.7 Å². The quantitative estimate of drug-likeness (QED) is 0.907. The van der Waals surface area contributed by atoms with E-state index in [1.54, 1.807) is 42.3 Å². The van der Waals surface area contributed by atoms with Crippen molar-refractivity contribution in [3.8, 4) is 5.75 Å². The molecule has 1 N–H and O–H groups in total. The minimum absolute atomic E-state index is 0.0743. The maximum Gasteiger partial charge on any atom is 0.229 e. The molecule has 1 atom stereocenters. The van der Waals surface area contributed by atoms with Gasteiger partial charge in [-0.2, -0.15) is 0 Å². The zero-order valence-corrected chi connectivity index (χ0v) is 14.8. The van der Waals surface area contributed by atoms with Crippen LogP contribution in [-0.2, 0) is 9.59 Å². The van der Waals surface area contributed by atoms with Crippen LogP contribution >= 0.6 is 11.6 Å². The summed E-state index contributed by atoms with van der Waals surface area (Å²) in [5.41, 5.74) is 2.35. The van der Waals surface area contributed by atoms with Crippen LogP contribution < -0.4 is 15.0 Å². The average molecular weight is 359 g/mol. The molecule has 0 saturated carbocycles. The molecule has 1 heterocycles. The second kappa shape index (κ2) is 7.15. The predicted octanol–water partition coefficient (Wildman–Crippen LogP) is 3.65. The highest BCUT2D eigenvalue weighted by Crippen LogP contribution is 2.29. The fraction of sp³-hybridized carbons (Fsp3) is 0.263. The van der Waals surface area contributed by atoms with Crippen LogP contribution in [-0.4, -0.2) is 25.5 Å². The smallest absolute Gasteiger partial charge is 0.229 e. The Balaban J connectivity index is 1.68. The molecule has 0 spiro atoms. The highest BCUT2D eigenvalue weighted by molar-refractivity contribution is 6.31. The molecule has 1 aliphatic heterocycles. The molecule has 0 aromatic heterocycles. The van der Waals surface area contributed by atoms with Crippen LogP contribution in [0.5, 0.6) is 5.75 Å². The minimum atomic E-state index is -0.394. The van der Waals surface area contributed by atoms with Crippen molar-refractivity contribution in [1.29, 1.82) is 0 Å². The number of amides is 2. The molecule has 2 amide bonds. The number of carbonyl (C=O) groups is 2. The lowest BCUT2D eigenvalue weighted by molar-refractivity contribution is -0.122. The van der Waals surface area contributed by atoms with E-state index >= 15 is 0 Å². The fourth-order valence-corrected chi connectivity index (χ4v) is 2.98. The first-order chi connectivity index (χ1) is 12.0. The van der Waals surface area contributed by atoms with E-state index in [2.05, 4.69) is 5.32 Å². The summed E-state index contributed by atoms with van der Waals surface area (Å²) in [6, 6.07) is 12.6. The number of nitrogens with one attached hydrogen (secondary N) is 1. The van der Waals surface area contributed by atoms with E-state index in [9.17, 15) is 9.59 Å².